The predicted molar refractivity (Wildman–Crippen MR) is 71.0 cm³/mol. The number of pyridine rings is 1. The van der Waals surface area contributed by atoms with Crippen molar-refractivity contribution in [2.24, 2.45) is 0 Å². The highest BCUT2D eigenvalue weighted by Gasteiger charge is 2.19. The molecule has 1 N–H and O–H groups in total. The molecule has 2 aromatic rings. The summed E-state index contributed by atoms with van der Waals surface area (Å²) < 4.78 is 27.5. The van der Waals surface area contributed by atoms with Crippen LogP contribution in [0.4, 0.5) is 14.6 Å². The van der Waals surface area contributed by atoms with Crippen LogP contribution in [-0.2, 0) is 0 Å². The molecule has 1 amide bonds. The molecule has 0 aliphatic rings. The Labute approximate surface area is 116 Å². The van der Waals surface area contributed by atoms with Crippen molar-refractivity contribution >= 4 is 27.7 Å². The van der Waals surface area contributed by atoms with Gasteiger partial charge in [0.25, 0.3) is 5.91 Å². The first-order valence-electron chi connectivity index (χ1n) is 5.36. The van der Waals surface area contributed by atoms with Crippen LogP contribution in [0.15, 0.2) is 34.9 Å². The van der Waals surface area contributed by atoms with Crippen LogP contribution in [0.1, 0.15) is 15.9 Å². The van der Waals surface area contributed by atoms with E-state index in [1.54, 1.807) is 19.1 Å². The quantitative estimate of drug-likeness (QED) is 0.914. The van der Waals surface area contributed by atoms with E-state index in [9.17, 15) is 13.6 Å². The molecule has 3 nitrogen and oxygen atoms in total. The summed E-state index contributed by atoms with van der Waals surface area (Å²) in [5, 5.41) is 2.38. The maximum atomic E-state index is 13.6. The minimum absolute atomic E-state index is 0.230. The van der Waals surface area contributed by atoms with Gasteiger partial charge in [-0.3, -0.25) is 4.79 Å². The summed E-state index contributed by atoms with van der Waals surface area (Å²) in [6.45, 7) is 1.73. The molecule has 0 spiro atoms. The molecule has 19 heavy (non-hydrogen) atoms. The highest BCUT2D eigenvalue weighted by Crippen LogP contribution is 2.21. The van der Waals surface area contributed by atoms with Gasteiger partial charge < -0.3 is 5.32 Å². The summed E-state index contributed by atoms with van der Waals surface area (Å²) in [6, 6.07) is 5.50. The minimum atomic E-state index is -0.932. The fourth-order valence-corrected chi connectivity index (χ4v) is 1.95. The van der Waals surface area contributed by atoms with E-state index in [2.05, 4.69) is 26.2 Å². The molecule has 1 aromatic carbocycles. The number of nitrogens with one attached hydrogen (secondary N) is 1. The SMILES string of the molecule is Cc1cccnc1NC(=O)c1c(F)cc(Br)cc1F. The third-order valence-electron chi connectivity index (χ3n) is 2.48. The number of aromatic nitrogens is 1. The Morgan fingerprint density at radius 3 is 2.53 bits per heavy atom. The number of hydrogen-bond donors (Lipinski definition) is 1. The van der Waals surface area contributed by atoms with Crippen LogP contribution < -0.4 is 5.32 Å². The molecule has 1 aromatic heterocycles. The topological polar surface area (TPSA) is 42.0 Å². The van der Waals surface area contributed by atoms with Gasteiger partial charge in [0.2, 0.25) is 0 Å². The second-order valence-corrected chi connectivity index (χ2v) is 4.78. The van der Waals surface area contributed by atoms with Crippen LogP contribution >= 0.6 is 15.9 Å². The van der Waals surface area contributed by atoms with E-state index in [0.717, 1.165) is 12.1 Å². The van der Waals surface area contributed by atoms with Crippen molar-refractivity contribution in [1.29, 1.82) is 0 Å². The average molecular weight is 327 g/mol. The lowest BCUT2D eigenvalue weighted by molar-refractivity contribution is 0.101. The van der Waals surface area contributed by atoms with Crippen LogP contribution in [0.2, 0.25) is 0 Å². The van der Waals surface area contributed by atoms with Crippen molar-refractivity contribution in [3.8, 4) is 0 Å². The first kappa shape index (κ1) is 13.6. The zero-order valence-corrected chi connectivity index (χ0v) is 11.5. The van der Waals surface area contributed by atoms with E-state index in [0.29, 0.717) is 5.56 Å². The van der Waals surface area contributed by atoms with E-state index in [4.69, 9.17) is 0 Å². The maximum Gasteiger partial charge on any atom is 0.262 e. The molecule has 98 valence electrons. The average Bonchev–Trinajstić information content (AvgIpc) is 2.30. The van der Waals surface area contributed by atoms with Crippen molar-refractivity contribution in [1.82, 2.24) is 4.98 Å². The molecule has 1 heterocycles. The number of aryl methyl sites for hydroxylation is 1. The fraction of sp³-hybridized carbons (Fsp3) is 0.0769. The Balaban J connectivity index is 2.34. The molecule has 2 rings (SSSR count). The first-order valence-corrected chi connectivity index (χ1v) is 6.16. The number of carbonyl (C=O) groups is 1. The number of rotatable bonds is 2. The smallest absolute Gasteiger partial charge is 0.262 e. The Morgan fingerprint density at radius 2 is 1.95 bits per heavy atom. The van der Waals surface area contributed by atoms with Crippen LogP contribution in [0.25, 0.3) is 0 Å². The third-order valence-corrected chi connectivity index (χ3v) is 2.93. The zero-order valence-electron chi connectivity index (χ0n) is 9.88. The Morgan fingerprint density at radius 1 is 1.32 bits per heavy atom. The first-order chi connectivity index (χ1) is 8.99. The number of halogens is 3. The Hall–Kier alpha value is -1.82. The Kier molecular flexibility index (Phi) is 3.90. The second-order valence-electron chi connectivity index (χ2n) is 3.87. The highest BCUT2D eigenvalue weighted by atomic mass is 79.9. The zero-order chi connectivity index (χ0) is 14.0. The molecule has 0 fully saturated rings. The van der Waals surface area contributed by atoms with Gasteiger partial charge in [0.15, 0.2) is 0 Å². The third kappa shape index (κ3) is 2.96. The van der Waals surface area contributed by atoms with Gasteiger partial charge in [0.1, 0.15) is 23.0 Å². The van der Waals surface area contributed by atoms with Gasteiger partial charge in [-0.1, -0.05) is 22.0 Å². The minimum Gasteiger partial charge on any atom is -0.306 e. The molecule has 0 unspecified atom stereocenters. The number of carbonyl (C=O) groups excluding carboxylic acids is 1. The highest BCUT2D eigenvalue weighted by molar-refractivity contribution is 9.10. The molecule has 0 saturated carbocycles. The van der Waals surface area contributed by atoms with Gasteiger partial charge in [-0.2, -0.15) is 0 Å². The lowest BCUT2D eigenvalue weighted by Crippen LogP contribution is -2.17. The van der Waals surface area contributed by atoms with Gasteiger partial charge in [-0.25, -0.2) is 13.8 Å². The van der Waals surface area contributed by atoms with Crippen LogP contribution in [0.5, 0.6) is 0 Å². The molecule has 0 saturated heterocycles. The van der Waals surface area contributed by atoms with Gasteiger partial charge in [-0.15, -0.1) is 0 Å². The normalized spacial score (nSPS) is 10.3. The lowest BCUT2D eigenvalue weighted by Gasteiger charge is -2.08. The van der Waals surface area contributed by atoms with Crippen LogP contribution in [-0.4, -0.2) is 10.9 Å². The van der Waals surface area contributed by atoms with Crippen molar-refractivity contribution in [2.75, 3.05) is 5.32 Å². The molecule has 0 atom stereocenters. The van der Waals surface area contributed by atoms with Crippen molar-refractivity contribution in [2.45, 2.75) is 6.92 Å². The molecule has 0 radical (unpaired) electrons. The molecule has 0 bridgehead atoms. The number of amides is 1. The Bertz CT molecular complexity index is 623. The van der Waals surface area contributed by atoms with Gasteiger partial charge >= 0.3 is 0 Å². The lowest BCUT2D eigenvalue weighted by atomic mass is 10.2. The van der Waals surface area contributed by atoms with Gasteiger partial charge in [-0.05, 0) is 30.7 Å². The summed E-state index contributed by atoms with van der Waals surface area (Å²) in [6.07, 6.45) is 1.48. The van der Waals surface area contributed by atoms with Gasteiger partial charge in [0, 0.05) is 10.7 Å². The van der Waals surface area contributed by atoms with E-state index >= 15 is 0 Å². The largest absolute Gasteiger partial charge is 0.306 e. The van der Waals surface area contributed by atoms with Crippen molar-refractivity contribution in [3.63, 3.8) is 0 Å². The fourth-order valence-electron chi connectivity index (χ4n) is 1.55. The summed E-state index contributed by atoms with van der Waals surface area (Å²) in [5.41, 5.74) is 0.0713. The summed E-state index contributed by atoms with van der Waals surface area (Å²) in [7, 11) is 0. The standard InChI is InChI=1S/C13H9BrF2N2O/c1-7-3-2-4-17-12(7)18-13(19)11-9(15)5-8(14)6-10(11)16/h2-6H,1H3,(H,17,18,19). The van der Waals surface area contributed by atoms with Crippen LogP contribution in [0.3, 0.4) is 0 Å². The van der Waals surface area contributed by atoms with E-state index < -0.39 is 23.1 Å². The van der Waals surface area contributed by atoms with E-state index in [-0.39, 0.29) is 10.3 Å². The monoisotopic (exact) mass is 326 g/mol. The van der Waals surface area contributed by atoms with Crippen molar-refractivity contribution in [3.05, 3.63) is 57.7 Å². The van der Waals surface area contributed by atoms with Crippen LogP contribution in [0, 0.1) is 18.6 Å². The molecular weight excluding hydrogens is 318 g/mol. The summed E-state index contributed by atoms with van der Waals surface area (Å²) in [5.74, 6) is -2.46. The second kappa shape index (κ2) is 5.44. The maximum absolute atomic E-state index is 13.6. The van der Waals surface area contributed by atoms with E-state index in [1.165, 1.54) is 6.20 Å². The van der Waals surface area contributed by atoms with Gasteiger partial charge in [0.05, 0.1) is 0 Å². The van der Waals surface area contributed by atoms with Crippen molar-refractivity contribution < 1.29 is 13.6 Å². The molecule has 0 aliphatic heterocycles. The molecule has 0 aliphatic carbocycles. The van der Waals surface area contributed by atoms with E-state index in [1.807, 2.05) is 0 Å². The number of hydrogen-bond acceptors (Lipinski definition) is 2. The molecular formula is C13H9BrF2N2O. The molecule has 6 heteroatoms. The predicted octanol–water partition coefficient (Wildman–Crippen LogP) is 3.68. The number of benzene rings is 1. The number of anilines is 1. The number of nitrogens with zero attached hydrogens (tertiary/aromatic N) is 1. The summed E-state index contributed by atoms with van der Waals surface area (Å²) >= 11 is 2.95. The summed E-state index contributed by atoms with van der Waals surface area (Å²) in [4.78, 5) is 15.8.